The van der Waals surface area contributed by atoms with Gasteiger partial charge in [-0.3, -0.25) is 0 Å². The maximum absolute atomic E-state index is 11.2. The summed E-state index contributed by atoms with van der Waals surface area (Å²) in [7, 11) is -3.27. The first kappa shape index (κ1) is 9.23. The first-order chi connectivity index (χ1) is 6.61. The van der Waals surface area contributed by atoms with E-state index >= 15 is 0 Å². The van der Waals surface area contributed by atoms with Crippen molar-refractivity contribution in [3.8, 4) is 0 Å². The molecule has 3 N–H and O–H groups in total. The summed E-state index contributed by atoms with van der Waals surface area (Å²) >= 11 is 0. The van der Waals surface area contributed by atoms with Crippen LogP contribution in [0.4, 0.5) is 0 Å². The third-order valence-corrected chi connectivity index (χ3v) is 3.67. The first-order valence-electron chi connectivity index (χ1n) is 4.15. The Morgan fingerprint density at radius 1 is 1.29 bits per heavy atom. The average Bonchev–Trinajstić information content (AvgIpc) is 2.18. The Labute approximate surface area is 82.5 Å². The summed E-state index contributed by atoms with van der Waals surface area (Å²) < 4.78 is 24.7. The van der Waals surface area contributed by atoms with E-state index in [4.69, 9.17) is 5.73 Å². The minimum atomic E-state index is -3.27. The quantitative estimate of drug-likeness (QED) is 0.697. The Hall–Kier alpha value is -1.33. The summed E-state index contributed by atoms with van der Waals surface area (Å²) in [6.07, 6.45) is 0. The van der Waals surface area contributed by atoms with Gasteiger partial charge < -0.3 is 5.73 Å². The molecule has 0 aliphatic carbocycles. The van der Waals surface area contributed by atoms with Crippen LogP contribution in [0.5, 0.6) is 0 Å². The van der Waals surface area contributed by atoms with Crippen LogP contribution in [0, 0.1) is 0 Å². The van der Waals surface area contributed by atoms with Crippen LogP contribution in [0.15, 0.2) is 35.2 Å². The van der Waals surface area contributed by atoms with E-state index in [2.05, 4.69) is 4.72 Å². The van der Waals surface area contributed by atoms with E-state index in [1.54, 1.807) is 12.1 Å². The van der Waals surface area contributed by atoms with Gasteiger partial charge in [0.05, 0.1) is 17.1 Å². The summed E-state index contributed by atoms with van der Waals surface area (Å²) in [4.78, 5) is 0.281. The molecule has 0 bridgehead atoms. The Balaban J connectivity index is 2.47. The van der Waals surface area contributed by atoms with Gasteiger partial charge in [-0.15, -0.1) is 0 Å². The third-order valence-electron chi connectivity index (χ3n) is 2.13. The van der Waals surface area contributed by atoms with Crippen molar-refractivity contribution in [2.24, 2.45) is 5.73 Å². The van der Waals surface area contributed by atoms with E-state index < -0.39 is 10.0 Å². The van der Waals surface area contributed by atoms with Crippen molar-refractivity contribution >= 4 is 15.7 Å². The number of sulfonamides is 1. The van der Waals surface area contributed by atoms with Crippen molar-refractivity contribution < 1.29 is 8.42 Å². The van der Waals surface area contributed by atoms with Gasteiger partial charge in [-0.1, -0.05) is 30.3 Å². The number of nitrogens with two attached hydrogens (primary N) is 1. The zero-order valence-electron chi connectivity index (χ0n) is 7.40. The Morgan fingerprint density at radius 3 is 2.36 bits per heavy atom. The topological polar surface area (TPSA) is 72.2 Å². The van der Waals surface area contributed by atoms with Crippen molar-refractivity contribution in [1.29, 1.82) is 0 Å². The molecular formula is C9H10N2O2S. The van der Waals surface area contributed by atoms with Crippen molar-refractivity contribution in [3.63, 3.8) is 0 Å². The number of nitrogens with one attached hydrogen (secondary N) is 1. The van der Waals surface area contributed by atoms with Crippen LogP contribution in [0.3, 0.4) is 0 Å². The second-order valence-corrected chi connectivity index (χ2v) is 4.82. The second kappa shape index (κ2) is 3.11. The van der Waals surface area contributed by atoms with E-state index in [1.807, 2.05) is 18.2 Å². The van der Waals surface area contributed by atoms with Gasteiger partial charge in [-0.25, -0.2) is 13.1 Å². The lowest BCUT2D eigenvalue weighted by atomic mass is 10.1. The molecule has 1 saturated heterocycles. The molecule has 1 aliphatic heterocycles. The number of hydrogen-bond donors (Lipinski definition) is 2. The molecule has 0 atom stereocenters. The largest absolute Gasteiger partial charge is 0.397 e. The molecule has 5 heteroatoms. The lowest BCUT2D eigenvalue weighted by Crippen LogP contribution is -2.42. The molecular weight excluding hydrogens is 200 g/mol. The Kier molecular flexibility index (Phi) is 2.05. The summed E-state index contributed by atoms with van der Waals surface area (Å²) in [6.45, 7) is 0.322. The smallest absolute Gasteiger partial charge is 0.240 e. The predicted octanol–water partition coefficient (Wildman–Crippen LogP) is 0.247. The van der Waals surface area contributed by atoms with E-state index in [9.17, 15) is 8.42 Å². The maximum Gasteiger partial charge on any atom is 0.240 e. The molecule has 1 aromatic carbocycles. The average molecular weight is 210 g/mol. The van der Waals surface area contributed by atoms with E-state index in [1.165, 1.54) is 0 Å². The molecule has 0 radical (unpaired) electrons. The third kappa shape index (κ3) is 1.40. The fourth-order valence-corrected chi connectivity index (χ4v) is 2.21. The molecule has 1 heterocycles. The highest BCUT2D eigenvalue weighted by Gasteiger charge is 2.30. The van der Waals surface area contributed by atoms with Crippen LogP contribution in [0.1, 0.15) is 5.56 Å². The predicted molar refractivity (Wildman–Crippen MR) is 54.5 cm³/mol. The minimum Gasteiger partial charge on any atom is -0.397 e. The number of benzene rings is 1. The number of hydrogen-bond acceptors (Lipinski definition) is 3. The highest BCUT2D eigenvalue weighted by Crippen LogP contribution is 2.22. The molecule has 0 aromatic heterocycles. The molecule has 74 valence electrons. The molecule has 2 rings (SSSR count). The molecule has 1 fully saturated rings. The van der Waals surface area contributed by atoms with Crippen LogP contribution >= 0.6 is 0 Å². The van der Waals surface area contributed by atoms with Gasteiger partial charge in [-0.2, -0.15) is 0 Å². The van der Waals surface area contributed by atoms with Crippen molar-refractivity contribution in [3.05, 3.63) is 40.8 Å². The van der Waals surface area contributed by atoms with Crippen LogP contribution in [-0.2, 0) is 10.0 Å². The van der Waals surface area contributed by atoms with Crippen LogP contribution in [0.25, 0.3) is 5.70 Å². The molecule has 14 heavy (non-hydrogen) atoms. The van der Waals surface area contributed by atoms with Gasteiger partial charge in [0.2, 0.25) is 10.0 Å². The molecule has 0 saturated carbocycles. The summed E-state index contributed by atoms with van der Waals surface area (Å²) in [5.41, 5.74) is 6.82. The molecule has 1 aromatic rings. The van der Waals surface area contributed by atoms with E-state index in [-0.39, 0.29) is 4.91 Å². The van der Waals surface area contributed by atoms with E-state index in [0.717, 1.165) is 5.56 Å². The summed E-state index contributed by atoms with van der Waals surface area (Å²) in [5, 5.41) is 0. The van der Waals surface area contributed by atoms with Crippen molar-refractivity contribution in [2.75, 3.05) is 6.54 Å². The SMILES string of the molecule is N/C(=C1\CNS1(=O)=O)c1ccccc1. The van der Waals surface area contributed by atoms with Gasteiger partial charge in [0.1, 0.15) is 0 Å². The van der Waals surface area contributed by atoms with Crippen LogP contribution in [-0.4, -0.2) is 15.0 Å². The lowest BCUT2D eigenvalue weighted by molar-refractivity contribution is 0.578. The fourth-order valence-electron chi connectivity index (χ4n) is 1.28. The van der Waals surface area contributed by atoms with Gasteiger partial charge in [0.15, 0.2) is 0 Å². The highest BCUT2D eigenvalue weighted by atomic mass is 32.2. The lowest BCUT2D eigenvalue weighted by Gasteiger charge is -2.21. The zero-order valence-corrected chi connectivity index (χ0v) is 8.21. The van der Waals surface area contributed by atoms with Gasteiger partial charge in [0.25, 0.3) is 0 Å². The first-order valence-corrected chi connectivity index (χ1v) is 5.63. The fraction of sp³-hybridized carbons (Fsp3) is 0.111. The molecule has 0 spiro atoms. The minimum absolute atomic E-state index is 0.281. The maximum atomic E-state index is 11.2. The molecule has 1 aliphatic rings. The van der Waals surface area contributed by atoms with Gasteiger partial charge in [0, 0.05) is 0 Å². The molecule has 4 nitrogen and oxygen atoms in total. The number of rotatable bonds is 1. The van der Waals surface area contributed by atoms with Crippen molar-refractivity contribution in [2.45, 2.75) is 0 Å². The Morgan fingerprint density at radius 2 is 1.93 bits per heavy atom. The highest BCUT2D eigenvalue weighted by molar-refractivity contribution is 7.95. The molecule has 0 unspecified atom stereocenters. The standard InChI is InChI=1S/C9H10N2O2S/c10-9(7-4-2-1-3-5-7)8-6-11-14(8,12)13/h1-5,11H,6,10H2/b9-8+. The second-order valence-electron chi connectivity index (χ2n) is 3.03. The summed E-state index contributed by atoms with van der Waals surface area (Å²) in [6, 6.07) is 9.07. The normalized spacial score (nSPS) is 22.6. The molecule has 0 amide bonds. The van der Waals surface area contributed by atoms with Crippen LogP contribution in [0.2, 0.25) is 0 Å². The van der Waals surface area contributed by atoms with E-state index in [0.29, 0.717) is 12.2 Å². The van der Waals surface area contributed by atoms with Crippen LogP contribution < -0.4 is 10.5 Å². The van der Waals surface area contributed by atoms with Crippen molar-refractivity contribution in [1.82, 2.24) is 4.72 Å². The van der Waals surface area contributed by atoms with Gasteiger partial charge in [-0.05, 0) is 5.56 Å². The summed E-state index contributed by atoms with van der Waals surface area (Å²) in [5.74, 6) is 0. The zero-order chi connectivity index (χ0) is 10.2. The Bertz CT molecular complexity index is 477. The monoisotopic (exact) mass is 210 g/mol. The van der Waals surface area contributed by atoms with Gasteiger partial charge >= 0.3 is 0 Å².